The summed E-state index contributed by atoms with van der Waals surface area (Å²) in [4.78, 5) is 19.4. The number of carbonyl (C=O) groups excluding carboxylic acids is 1. The normalized spacial score (nSPS) is 14.8. The summed E-state index contributed by atoms with van der Waals surface area (Å²) in [6.45, 7) is 6.95. The van der Waals surface area contributed by atoms with Gasteiger partial charge < -0.3 is 14.2 Å². The quantitative estimate of drug-likeness (QED) is 0.557. The molecule has 1 fully saturated rings. The molecule has 5 heteroatoms. The number of amides is 1. The maximum absolute atomic E-state index is 12.9. The summed E-state index contributed by atoms with van der Waals surface area (Å²) < 4.78 is 8.09. The van der Waals surface area contributed by atoms with Gasteiger partial charge in [0, 0.05) is 43.5 Å². The Kier molecular flexibility index (Phi) is 6.17. The summed E-state index contributed by atoms with van der Waals surface area (Å²) in [6, 6.07) is 17.1. The third kappa shape index (κ3) is 4.73. The molecular formula is C25H29N3O2. The summed E-state index contributed by atoms with van der Waals surface area (Å²) >= 11 is 0. The average molecular weight is 404 g/mol. The summed E-state index contributed by atoms with van der Waals surface area (Å²) in [5.74, 6) is 3.78. The number of imidazole rings is 1. The van der Waals surface area contributed by atoms with E-state index in [1.54, 1.807) is 0 Å². The summed E-state index contributed by atoms with van der Waals surface area (Å²) in [6.07, 6.45) is 6.01. The summed E-state index contributed by atoms with van der Waals surface area (Å²) in [5.41, 5.74) is 0.713. The van der Waals surface area contributed by atoms with E-state index in [1.165, 1.54) is 0 Å². The fraction of sp³-hybridized carbons (Fsp3) is 0.360. The van der Waals surface area contributed by atoms with Crippen molar-refractivity contribution in [2.75, 3.05) is 13.1 Å². The van der Waals surface area contributed by atoms with Crippen molar-refractivity contribution in [3.8, 4) is 11.5 Å². The smallest absolute Gasteiger partial charge is 0.253 e. The minimum absolute atomic E-state index is 0.102. The average Bonchev–Trinajstić information content (AvgIpc) is 3.24. The second kappa shape index (κ2) is 9.16. The molecule has 1 saturated heterocycles. The molecule has 0 atom stereocenters. The van der Waals surface area contributed by atoms with E-state index >= 15 is 0 Å². The Hall–Kier alpha value is -3.08. The molecule has 0 bridgehead atoms. The molecule has 0 aliphatic carbocycles. The van der Waals surface area contributed by atoms with E-state index in [0.29, 0.717) is 17.4 Å². The predicted octanol–water partition coefficient (Wildman–Crippen LogP) is 5.35. The largest absolute Gasteiger partial charge is 0.457 e. The molecule has 0 N–H and O–H groups in total. The van der Waals surface area contributed by atoms with Crippen molar-refractivity contribution in [1.82, 2.24) is 14.5 Å². The van der Waals surface area contributed by atoms with Gasteiger partial charge in [0.25, 0.3) is 5.91 Å². The molecule has 2 heterocycles. The first-order valence-electron chi connectivity index (χ1n) is 10.7. The predicted molar refractivity (Wildman–Crippen MR) is 118 cm³/mol. The van der Waals surface area contributed by atoms with Gasteiger partial charge >= 0.3 is 0 Å². The Labute approximate surface area is 178 Å². The van der Waals surface area contributed by atoms with Gasteiger partial charge in [-0.1, -0.05) is 32.0 Å². The number of ether oxygens (including phenoxy) is 1. The van der Waals surface area contributed by atoms with Crippen molar-refractivity contribution in [1.29, 1.82) is 0 Å². The Morgan fingerprint density at radius 1 is 1.03 bits per heavy atom. The van der Waals surface area contributed by atoms with Crippen molar-refractivity contribution < 1.29 is 9.53 Å². The molecule has 0 saturated carbocycles. The summed E-state index contributed by atoms with van der Waals surface area (Å²) in [5, 5.41) is 0. The highest BCUT2D eigenvalue weighted by Crippen LogP contribution is 2.25. The first kappa shape index (κ1) is 20.2. The highest BCUT2D eigenvalue weighted by molar-refractivity contribution is 5.94. The van der Waals surface area contributed by atoms with Crippen LogP contribution in [0.2, 0.25) is 0 Å². The van der Waals surface area contributed by atoms with E-state index in [4.69, 9.17) is 4.74 Å². The lowest BCUT2D eigenvalue weighted by Crippen LogP contribution is -2.39. The fourth-order valence-electron chi connectivity index (χ4n) is 4.05. The van der Waals surface area contributed by atoms with Gasteiger partial charge in [0.05, 0.1) is 0 Å². The van der Waals surface area contributed by atoms with Gasteiger partial charge in [0.1, 0.15) is 17.3 Å². The van der Waals surface area contributed by atoms with Crippen molar-refractivity contribution >= 4 is 5.91 Å². The number of nitrogens with zero attached hydrogens (tertiary/aromatic N) is 3. The molecule has 0 radical (unpaired) electrons. The molecule has 156 valence electrons. The minimum Gasteiger partial charge on any atom is -0.457 e. The van der Waals surface area contributed by atoms with Gasteiger partial charge in [-0.25, -0.2) is 4.98 Å². The number of aromatic nitrogens is 2. The van der Waals surface area contributed by atoms with Gasteiger partial charge in [-0.3, -0.25) is 4.79 Å². The second-order valence-corrected chi connectivity index (χ2v) is 8.27. The van der Waals surface area contributed by atoms with Crippen LogP contribution in [0.4, 0.5) is 0 Å². The SMILES string of the molecule is CC(C)c1nccn1CC1CCN(C(=O)c2ccc(Oc3ccccc3)cc2)CC1. The molecule has 2 aromatic carbocycles. The van der Waals surface area contributed by atoms with E-state index < -0.39 is 0 Å². The number of benzene rings is 2. The van der Waals surface area contributed by atoms with Crippen LogP contribution >= 0.6 is 0 Å². The lowest BCUT2D eigenvalue weighted by molar-refractivity contribution is 0.0682. The Morgan fingerprint density at radius 2 is 1.70 bits per heavy atom. The lowest BCUT2D eigenvalue weighted by atomic mass is 9.96. The van der Waals surface area contributed by atoms with E-state index in [2.05, 4.69) is 29.6 Å². The minimum atomic E-state index is 0.102. The van der Waals surface area contributed by atoms with E-state index in [-0.39, 0.29) is 5.91 Å². The Balaban J connectivity index is 1.31. The van der Waals surface area contributed by atoms with Crippen molar-refractivity contribution in [2.45, 2.75) is 39.2 Å². The maximum Gasteiger partial charge on any atom is 0.253 e. The molecule has 1 amide bonds. The number of piperidine rings is 1. The monoisotopic (exact) mass is 403 g/mol. The van der Waals surface area contributed by atoms with E-state index in [0.717, 1.165) is 49.8 Å². The highest BCUT2D eigenvalue weighted by atomic mass is 16.5. The molecule has 30 heavy (non-hydrogen) atoms. The van der Waals surface area contributed by atoms with Crippen LogP contribution in [0.5, 0.6) is 11.5 Å². The molecule has 1 aromatic heterocycles. The maximum atomic E-state index is 12.9. The summed E-state index contributed by atoms with van der Waals surface area (Å²) in [7, 11) is 0. The topological polar surface area (TPSA) is 47.4 Å². The van der Waals surface area contributed by atoms with Crippen LogP contribution < -0.4 is 4.74 Å². The molecular weight excluding hydrogens is 374 g/mol. The lowest BCUT2D eigenvalue weighted by Gasteiger charge is -2.32. The zero-order valence-corrected chi connectivity index (χ0v) is 17.7. The third-order valence-corrected chi connectivity index (χ3v) is 5.70. The number of hydrogen-bond acceptors (Lipinski definition) is 3. The third-order valence-electron chi connectivity index (χ3n) is 5.70. The van der Waals surface area contributed by atoms with Gasteiger partial charge in [-0.2, -0.15) is 0 Å². The Bertz CT molecular complexity index is 956. The first-order valence-corrected chi connectivity index (χ1v) is 10.7. The van der Waals surface area contributed by atoms with Gasteiger partial charge in [-0.05, 0) is 55.2 Å². The van der Waals surface area contributed by atoms with Gasteiger partial charge in [0.15, 0.2) is 0 Å². The van der Waals surface area contributed by atoms with Crippen molar-refractivity contribution in [3.63, 3.8) is 0 Å². The number of rotatable bonds is 6. The highest BCUT2D eigenvalue weighted by Gasteiger charge is 2.24. The molecule has 0 unspecified atom stereocenters. The van der Waals surface area contributed by atoms with Crippen molar-refractivity contribution in [2.24, 2.45) is 5.92 Å². The van der Waals surface area contributed by atoms with Gasteiger partial charge in [0.2, 0.25) is 0 Å². The number of hydrogen-bond donors (Lipinski definition) is 0. The fourth-order valence-corrected chi connectivity index (χ4v) is 4.05. The molecule has 1 aliphatic rings. The van der Waals surface area contributed by atoms with Crippen LogP contribution in [-0.2, 0) is 6.54 Å². The van der Waals surface area contributed by atoms with Crippen LogP contribution in [-0.4, -0.2) is 33.4 Å². The first-order chi connectivity index (χ1) is 14.6. The van der Waals surface area contributed by atoms with E-state index in [9.17, 15) is 4.79 Å². The molecule has 3 aromatic rings. The molecule has 5 nitrogen and oxygen atoms in total. The van der Waals surface area contributed by atoms with Crippen LogP contribution in [0.15, 0.2) is 67.0 Å². The number of carbonyl (C=O) groups is 1. The number of para-hydroxylation sites is 1. The zero-order chi connectivity index (χ0) is 20.9. The molecule has 4 rings (SSSR count). The van der Waals surface area contributed by atoms with Crippen LogP contribution in [0.25, 0.3) is 0 Å². The molecule has 0 spiro atoms. The number of likely N-dealkylation sites (tertiary alicyclic amines) is 1. The Morgan fingerprint density at radius 3 is 2.37 bits per heavy atom. The van der Waals surface area contributed by atoms with Crippen molar-refractivity contribution in [3.05, 3.63) is 78.4 Å². The second-order valence-electron chi connectivity index (χ2n) is 8.27. The zero-order valence-electron chi connectivity index (χ0n) is 17.7. The van der Waals surface area contributed by atoms with Crippen LogP contribution in [0.1, 0.15) is 48.8 Å². The van der Waals surface area contributed by atoms with E-state index in [1.807, 2.05) is 65.7 Å². The van der Waals surface area contributed by atoms with Crippen LogP contribution in [0.3, 0.4) is 0 Å². The standard InChI is InChI=1S/C25H29N3O2/c1-19(2)24-26-14-17-28(24)18-20-12-15-27(16-13-20)25(29)21-8-10-23(11-9-21)30-22-6-4-3-5-7-22/h3-11,14,17,19-20H,12-13,15-16,18H2,1-2H3. The van der Waals surface area contributed by atoms with Gasteiger partial charge in [-0.15, -0.1) is 0 Å². The molecule has 1 aliphatic heterocycles. The van der Waals surface area contributed by atoms with Crippen LogP contribution in [0, 0.1) is 5.92 Å².